The number of hydrogen-bond acceptors (Lipinski definition) is 6. The molecule has 0 atom stereocenters. The molecule has 2 saturated heterocycles. The highest BCUT2D eigenvalue weighted by Gasteiger charge is 2.28. The number of rotatable bonds is 3. The highest BCUT2D eigenvalue weighted by atomic mass is 35.5. The summed E-state index contributed by atoms with van der Waals surface area (Å²) in [5.41, 5.74) is 2.38. The Hall–Kier alpha value is -1.73. The summed E-state index contributed by atoms with van der Waals surface area (Å²) in [6.07, 6.45) is 4.12. The van der Waals surface area contributed by atoms with Crippen LogP contribution in [0.5, 0.6) is 0 Å². The van der Waals surface area contributed by atoms with Crippen molar-refractivity contribution in [2.45, 2.75) is 18.9 Å². The molecule has 7 heteroatoms. The van der Waals surface area contributed by atoms with Crippen LogP contribution >= 0.6 is 22.9 Å². The number of aromatic nitrogens is 2. The molecule has 1 aromatic carbocycles. The highest BCUT2D eigenvalue weighted by Crippen LogP contribution is 2.39. The van der Waals surface area contributed by atoms with Gasteiger partial charge < -0.3 is 9.80 Å². The second-order valence-electron chi connectivity index (χ2n) is 8.09. The van der Waals surface area contributed by atoms with Crippen molar-refractivity contribution in [3.8, 4) is 11.1 Å². The molecule has 5 nitrogen and oxygen atoms in total. The molecule has 0 N–H and O–H groups in total. The molecule has 0 radical (unpaired) electrons. The first-order valence-electron chi connectivity index (χ1n) is 10.3. The van der Waals surface area contributed by atoms with Gasteiger partial charge in [0.25, 0.3) is 0 Å². The number of benzene rings is 1. The molecule has 152 valence electrons. The highest BCUT2D eigenvalue weighted by molar-refractivity contribution is 7.17. The van der Waals surface area contributed by atoms with Crippen molar-refractivity contribution in [2.24, 2.45) is 0 Å². The van der Waals surface area contributed by atoms with E-state index in [4.69, 9.17) is 16.6 Å². The fourth-order valence-electron chi connectivity index (χ4n) is 4.57. The fraction of sp³-hybridized carbons (Fsp3) is 0.455. The monoisotopic (exact) mass is 427 g/mol. The quantitative estimate of drug-likeness (QED) is 0.625. The van der Waals surface area contributed by atoms with Crippen molar-refractivity contribution in [1.82, 2.24) is 19.8 Å². The lowest BCUT2D eigenvalue weighted by Crippen LogP contribution is -2.52. The Morgan fingerprint density at radius 2 is 1.69 bits per heavy atom. The maximum atomic E-state index is 6.09. The van der Waals surface area contributed by atoms with Crippen LogP contribution in [0, 0.1) is 0 Å². The van der Waals surface area contributed by atoms with E-state index in [0.29, 0.717) is 6.04 Å². The van der Waals surface area contributed by atoms with Crippen molar-refractivity contribution in [3.05, 3.63) is 41.0 Å². The maximum absolute atomic E-state index is 6.09. The first-order chi connectivity index (χ1) is 14.2. The van der Waals surface area contributed by atoms with Crippen LogP contribution in [0.1, 0.15) is 12.8 Å². The Morgan fingerprint density at radius 1 is 0.966 bits per heavy atom. The zero-order valence-corrected chi connectivity index (χ0v) is 18.3. The summed E-state index contributed by atoms with van der Waals surface area (Å²) in [6.45, 7) is 6.88. The van der Waals surface area contributed by atoms with E-state index in [1.54, 1.807) is 17.7 Å². The van der Waals surface area contributed by atoms with E-state index in [0.717, 1.165) is 28.8 Å². The number of piperidine rings is 1. The third-order valence-corrected chi connectivity index (χ3v) is 7.46. The summed E-state index contributed by atoms with van der Waals surface area (Å²) in [6, 6.07) is 8.77. The van der Waals surface area contributed by atoms with Crippen LogP contribution in [-0.4, -0.2) is 72.1 Å². The van der Waals surface area contributed by atoms with E-state index in [-0.39, 0.29) is 0 Å². The lowest BCUT2D eigenvalue weighted by molar-refractivity contribution is 0.0981. The minimum Gasteiger partial charge on any atom is -0.356 e. The second kappa shape index (κ2) is 8.19. The van der Waals surface area contributed by atoms with E-state index in [2.05, 4.69) is 44.2 Å². The van der Waals surface area contributed by atoms with Crippen LogP contribution < -0.4 is 4.90 Å². The van der Waals surface area contributed by atoms with E-state index in [1.807, 2.05) is 12.1 Å². The maximum Gasteiger partial charge on any atom is 0.141 e. The Bertz CT molecular complexity index is 973. The molecule has 5 rings (SSSR count). The molecule has 2 fully saturated rings. The Kier molecular flexibility index (Phi) is 5.43. The number of likely N-dealkylation sites (N-methyl/N-ethyl adjacent to an activating group) is 1. The van der Waals surface area contributed by atoms with Gasteiger partial charge >= 0.3 is 0 Å². The predicted molar refractivity (Wildman–Crippen MR) is 122 cm³/mol. The largest absolute Gasteiger partial charge is 0.356 e. The van der Waals surface area contributed by atoms with Gasteiger partial charge in [0, 0.05) is 61.3 Å². The first-order valence-corrected chi connectivity index (χ1v) is 11.6. The lowest BCUT2D eigenvalue weighted by Gasteiger charge is -2.42. The molecule has 0 bridgehead atoms. The van der Waals surface area contributed by atoms with Crippen molar-refractivity contribution < 1.29 is 0 Å². The SMILES string of the molecule is CN1CCN(C2CCN(c3ncnc4scc(-c5ccc(Cl)cc5)c34)CC2)CC1. The average Bonchev–Trinajstić information content (AvgIpc) is 3.19. The molecule has 29 heavy (non-hydrogen) atoms. The number of thiophene rings is 1. The van der Waals surface area contributed by atoms with E-state index >= 15 is 0 Å². The van der Waals surface area contributed by atoms with Crippen LogP contribution in [0.25, 0.3) is 21.3 Å². The lowest BCUT2D eigenvalue weighted by atomic mass is 10.0. The fourth-order valence-corrected chi connectivity index (χ4v) is 5.61. The van der Waals surface area contributed by atoms with Gasteiger partial charge in [0.05, 0.1) is 5.39 Å². The van der Waals surface area contributed by atoms with Crippen molar-refractivity contribution in [2.75, 3.05) is 51.2 Å². The molecule has 2 aromatic heterocycles. The standard InChI is InChI=1S/C22H26ClN5S/c1-26-10-12-27(13-11-26)18-6-8-28(9-7-18)21-20-19(14-29-22(20)25-15-24-21)16-2-4-17(23)5-3-16/h2-5,14-15,18H,6-13H2,1H3. The van der Waals surface area contributed by atoms with Crippen LogP contribution in [-0.2, 0) is 0 Å². The molecule has 2 aliphatic heterocycles. The van der Waals surface area contributed by atoms with E-state index in [1.165, 1.54) is 55.5 Å². The van der Waals surface area contributed by atoms with Crippen LogP contribution in [0.15, 0.2) is 36.0 Å². The molecule has 2 aliphatic rings. The number of nitrogens with zero attached hydrogens (tertiary/aromatic N) is 5. The molecule has 3 aromatic rings. The summed E-state index contributed by atoms with van der Waals surface area (Å²) >= 11 is 7.78. The topological polar surface area (TPSA) is 35.5 Å². The van der Waals surface area contributed by atoms with Gasteiger partial charge in [0.15, 0.2) is 0 Å². The summed E-state index contributed by atoms with van der Waals surface area (Å²) in [5, 5.41) is 4.14. The zero-order valence-electron chi connectivity index (χ0n) is 16.7. The predicted octanol–water partition coefficient (Wildman–Crippen LogP) is 4.23. The van der Waals surface area contributed by atoms with Gasteiger partial charge in [0.1, 0.15) is 17.0 Å². The normalized spacial score (nSPS) is 19.9. The molecule has 0 amide bonds. The molecule has 0 unspecified atom stereocenters. The van der Waals surface area contributed by atoms with Gasteiger partial charge in [-0.05, 0) is 37.6 Å². The Balaban J connectivity index is 1.38. The smallest absolute Gasteiger partial charge is 0.141 e. The van der Waals surface area contributed by atoms with Crippen LogP contribution in [0.4, 0.5) is 5.82 Å². The zero-order chi connectivity index (χ0) is 19.8. The van der Waals surface area contributed by atoms with Gasteiger partial charge in [-0.25, -0.2) is 9.97 Å². The second-order valence-corrected chi connectivity index (χ2v) is 9.39. The molecule has 0 spiro atoms. The number of halogens is 1. The molecular weight excluding hydrogens is 402 g/mol. The van der Waals surface area contributed by atoms with Gasteiger partial charge in [0.2, 0.25) is 0 Å². The Morgan fingerprint density at radius 3 is 2.41 bits per heavy atom. The van der Waals surface area contributed by atoms with Crippen molar-refractivity contribution >= 4 is 39.0 Å². The Labute approximate surface area is 180 Å². The van der Waals surface area contributed by atoms with E-state index < -0.39 is 0 Å². The van der Waals surface area contributed by atoms with Crippen molar-refractivity contribution in [1.29, 1.82) is 0 Å². The average molecular weight is 428 g/mol. The number of hydrogen-bond donors (Lipinski definition) is 0. The molecular formula is C22H26ClN5S. The molecule has 0 saturated carbocycles. The minimum absolute atomic E-state index is 0.704. The molecule has 4 heterocycles. The third kappa shape index (κ3) is 3.87. The first kappa shape index (κ1) is 19.2. The van der Waals surface area contributed by atoms with Crippen LogP contribution in [0.2, 0.25) is 5.02 Å². The number of anilines is 1. The summed E-state index contributed by atoms with van der Waals surface area (Å²) < 4.78 is 0. The summed E-state index contributed by atoms with van der Waals surface area (Å²) in [5.74, 6) is 1.08. The van der Waals surface area contributed by atoms with Crippen LogP contribution in [0.3, 0.4) is 0 Å². The third-order valence-electron chi connectivity index (χ3n) is 6.32. The summed E-state index contributed by atoms with van der Waals surface area (Å²) in [4.78, 5) is 17.9. The van der Waals surface area contributed by atoms with Gasteiger partial charge in [-0.15, -0.1) is 11.3 Å². The van der Waals surface area contributed by atoms with Gasteiger partial charge in [-0.3, -0.25) is 4.90 Å². The van der Waals surface area contributed by atoms with Gasteiger partial charge in [-0.2, -0.15) is 0 Å². The molecule has 0 aliphatic carbocycles. The van der Waals surface area contributed by atoms with E-state index in [9.17, 15) is 0 Å². The number of fused-ring (bicyclic) bond motifs is 1. The number of piperazine rings is 1. The summed E-state index contributed by atoms with van der Waals surface area (Å²) in [7, 11) is 2.22. The minimum atomic E-state index is 0.704. The van der Waals surface area contributed by atoms with Gasteiger partial charge in [-0.1, -0.05) is 23.7 Å². The van der Waals surface area contributed by atoms with Crippen molar-refractivity contribution in [3.63, 3.8) is 0 Å².